The lowest BCUT2D eigenvalue weighted by Gasteiger charge is -2.26. The number of thioether (sulfide) groups is 1. The molecule has 164 valence electrons. The molecular formula is C22H26N4O3S2. The molecule has 1 fully saturated rings. The number of methoxy groups -OCH3 is 1. The van der Waals surface area contributed by atoms with Gasteiger partial charge < -0.3 is 4.74 Å². The summed E-state index contributed by atoms with van der Waals surface area (Å²) in [5.74, 6) is 1.50. The van der Waals surface area contributed by atoms with Gasteiger partial charge in [0.25, 0.3) is 0 Å². The third-order valence-electron chi connectivity index (χ3n) is 5.34. The lowest BCUT2D eigenvalue weighted by molar-refractivity contribution is 0.346. The molecule has 1 saturated heterocycles. The zero-order chi connectivity index (χ0) is 21.7. The van der Waals surface area contributed by atoms with Crippen LogP contribution in [0.2, 0.25) is 0 Å². The highest BCUT2D eigenvalue weighted by atomic mass is 32.2. The SMILES string of the molecule is COc1ccc(CN=C2NN=C(c3ccc(S(=O)(=O)N4CCCCC4)cc3)CS2)cc1. The highest BCUT2D eigenvalue weighted by Gasteiger charge is 2.26. The number of hydrazone groups is 1. The Balaban J connectivity index is 1.38. The summed E-state index contributed by atoms with van der Waals surface area (Å²) < 4.78 is 32.4. The molecule has 1 N–H and O–H groups in total. The summed E-state index contributed by atoms with van der Waals surface area (Å²) in [6.07, 6.45) is 2.96. The van der Waals surface area contributed by atoms with E-state index < -0.39 is 10.0 Å². The van der Waals surface area contributed by atoms with Gasteiger partial charge in [-0.15, -0.1) is 0 Å². The predicted octanol–water partition coefficient (Wildman–Crippen LogP) is 3.47. The van der Waals surface area contributed by atoms with E-state index in [0.717, 1.165) is 47.0 Å². The first kappa shape index (κ1) is 21.9. The molecule has 2 heterocycles. The van der Waals surface area contributed by atoms with Gasteiger partial charge in [0.2, 0.25) is 10.0 Å². The highest BCUT2D eigenvalue weighted by Crippen LogP contribution is 2.22. The van der Waals surface area contributed by atoms with Gasteiger partial charge in [-0.3, -0.25) is 10.4 Å². The minimum Gasteiger partial charge on any atom is -0.497 e. The number of rotatable bonds is 6. The summed E-state index contributed by atoms with van der Waals surface area (Å²) in [4.78, 5) is 4.92. The fourth-order valence-corrected chi connectivity index (χ4v) is 5.80. The summed E-state index contributed by atoms with van der Waals surface area (Å²) in [7, 11) is -1.76. The molecule has 0 atom stereocenters. The topological polar surface area (TPSA) is 83.4 Å². The molecule has 0 aliphatic carbocycles. The van der Waals surface area contributed by atoms with Crippen molar-refractivity contribution in [3.63, 3.8) is 0 Å². The van der Waals surface area contributed by atoms with Crippen molar-refractivity contribution in [1.82, 2.24) is 9.73 Å². The van der Waals surface area contributed by atoms with E-state index in [1.54, 1.807) is 35.3 Å². The van der Waals surface area contributed by atoms with E-state index in [-0.39, 0.29) is 0 Å². The standard InChI is InChI=1S/C22H26N4O3S2/c1-29-19-9-5-17(6-10-19)15-23-22-25-24-21(16-30-22)18-7-11-20(12-8-18)31(27,28)26-13-3-2-4-14-26/h5-12H,2-4,13-16H2,1H3,(H,23,25). The molecule has 9 heteroatoms. The average molecular weight is 459 g/mol. The number of hydrogen-bond acceptors (Lipinski definition) is 6. The fraction of sp³-hybridized carbons (Fsp3) is 0.364. The quantitative estimate of drug-likeness (QED) is 0.717. The third kappa shape index (κ3) is 5.28. The molecule has 0 unspecified atom stereocenters. The van der Waals surface area contributed by atoms with Crippen molar-refractivity contribution in [2.45, 2.75) is 30.7 Å². The molecule has 0 spiro atoms. The summed E-state index contributed by atoms with van der Waals surface area (Å²) in [5, 5.41) is 5.21. The molecule has 0 aromatic heterocycles. The van der Waals surface area contributed by atoms with Gasteiger partial charge in [-0.2, -0.15) is 9.41 Å². The molecule has 2 aliphatic rings. The molecule has 2 aromatic rings. The molecule has 4 rings (SSSR count). The van der Waals surface area contributed by atoms with Crippen LogP contribution in [0.1, 0.15) is 30.4 Å². The molecule has 0 amide bonds. The number of sulfonamides is 1. The molecule has 0 radical (unpaired) electrons. The van der Waals surface area contributed by atoms with Crippen molar-refractivity contribution in [3.05, 3.63) is 59.7 Å². The summed E-state index contributed by atoms with van der Waals surface area (Å²) in [6.45, 7) is 1.78. The van der Waals surface area contributed by atoms with Gasteiger partial charge in [-0.1, -0.05) is 42.4 Å². The monoisotopic (exact) mass is 458 g/mol. The van der Waals surface area contributed by atoms with Gasteiger partial charge >= 0.3 is 0 Å². The van der Waals surface area contributed by atoms with Crippen molar-refractivity contribution >= 4 is 32.7 Å². The number of benzene rings is 2. The second-order valence-corrected chi connectivity index (χ2v) is 10.3. The van der Waals surface area contributed by atoms with Gasteiger partial charge in [-0.25, -0.2) is 8.42 Å². The van der Waals surface area contributed by atoms with Crippen LogP contribution in [0.25, 0.3) is 0 Å². The normalized spacial score (nSPS) is 19.0. The number of hydrogen-bond donors (Lipinski definition) is 1. The molecule has 2 aliphatic heterocycles. The molecule has 31 heavy (non-hydrogen) atoms. The molecule has 0 bridgehead atoms. The van der Waals surface area contributed by atoms with Crippen molar-refractivity contribution in [3.8, 4) is 5.75 Å². The molecule has 0 saturated carbocycles. The summed E-state index contributed by atoms with van der Waals surface area (Å²) in [6, 6.07) is 14.8. The first-order chi connectivity index (χ1) is 15.1. The first-order valence-electron chi connectivity index (χ1n) is 10.3. The Hall–Kier alpha value is -2.36. The van der Waals surface area contributed by atoms with Gasteiger partial charge in [-0.05, 0) is 48.2 Å². The number of nitrogens with zero attached hydrogens (tertiary/aromatic N) is 3. The van der Waals surface area contributed by atoms with Crippen LogP contribution in [-0.4, -0.2) is 49.6 Å². The Morgan fingerprint density at radius 3 is 2.39 bits per heavy atom. The van der Waals surface area contributed by atoms with E-state index in [4.69, 9.17) is 4.74 Å². The van der Waals surface area contributed by atoms with Gasteiger partial charge in [0.1, 0.15) is 5.75 Å². The predicted molar refractivity (Wildman–Crippen MR) is 125 cm³/mol. The Kier molecular flexibility index (Phi) is 6.94. The van der Waals surface area contributed by atoms with Crippen LogP contribution in [-0.2, 0) is 16.6 Å². The first-order valence-corrected chi connectivity index (χ1v) is 12.7. The third-order valence-corrected chi connectivity index (χ3v) is 8.16. The maximum absolute atomic E-state index is 12.8. The number of piperidine rings is 1. The second kappa shape index (κ2) is 9.84. The van der Waals surface area contributed by atoms with E-state index >= 15 is 0 Å². The van der Waals surface area contributed by atoms with E-state index in [1.165, 1.54) is 0 Å². The van der Waals surface area contributed by atoms with E-state index in [0.29, 0.717) is 30.3 Å². The summed E-state index contributed by atoms with van der Waals surface area (Å²) >= 11 is 1.58. The van der Waals surface area contributed by atoms with Crippen molar-refractivity contribution in [2.75, 3.05) is 26.0 Å². The van der Waals surface area contributed by atoms with Crippen LogP contribution >= 0.6 is 11.8 Å². The highest BCUT2D eigenvalue weighted by molar-refractivity contribution is 8.14. The van der Waals surface area contributed by atoms with E-state index in [2.05, 4.69) is 15.5 Å². The Bertz CT molecular complexity index is 1060. The minimum absolute atomic E-state index is 0.344. The van der Waals surface area contributed by atoms with Crippen molar-refractivity contribution in [2.24, 2.45) is 10.1 Å². The number of amidine groups is 1. The minimum atomic E-state index is -3.41. The van der Waals surface area contributed by atoms with Gasteiger partial charge in [0.15, 0.2) is 5.17 Å². The van der Waals surface area contributed by atoms with Gasteiger partial charge in [0, 0.05) is 18.8 Å². The smallest absolute Gasteiger partial charge is 0.243 e. The lowest BCUT2D eigenvalue weighted by Crippen LogP contribution is -2.35. The number of aliphatic imine (C=N–C) groups is 1. The van der Waals surface area contributed by atoms with E-state index in [9.17, 15) is 8.42 Å². The zero-order valence-corrected chi connectivity index (χ0v) is 19.1. The van der Waals surface area contributed by atoms with Crippen LogP contribution in [0.3, 0.4) is 0 Å². The Morgan fingerprint density at radius 1 is 1.06 bits per heavy atom. The van der Waals surface area contributed by atoms with Crippen LogP contribution < -0.4 is 10.2 Å². The van der Waals surface area contributed by atoms with Crippen molar-refractivity contribution in [1.29, 1.82) is 0 Å². The Labute approximate surface area is 187 Å². The maximum Gasteiger partial charge on any atom is 0.243 e. The van der Waals surface area contributed by atoms with Crippen LogP contribution in [0.4, 0.5) is 0 Å². The van der Waals surface area contributed by atoms with Crippen LogP contribution in [0.5, 0.6) is 5.75 Å². The molecular weight excluding hydrogens is 432 g/mol. The van der Waals surface area contributed by atoms with Gasteiger partial charge in [0.05, 0.1) is 24.3 Å². The average Bonchev–Trinajstić information content (AvgIpc) is 2.84. The zero-order valence-electron chi connectivity index (χ0n) is 17.5. The van der Waals surface area contributed by atoms with Crippen LogP contribution in [0, 0.1) is 0 Å². The summed E-state index contributed by atoms with van der Waals surface area (Å²) in [5.41, 5.74) is 5.88. The number of nitrogens with one attached hydrogen (secondary N) is 1. The Morgan fingerprint density at radius 2 is 1.77 bits per heavy atom. The molecule has 7 nitrogen and oxygen atoms in total. The number of ether oxygens (including phenoxy) is 1. The lowest BCUT2D eigenvalue weighted by atomic mass is 10.1. The largest absolute Gasteiger partial charge is 0.497 e. The van der Waals surface area contributed by atoms with Crippen molar-refractivity contribution < 1.29 is 13.2 Å². The van der Waals surface area contributed by atoms with Crippen LogP contribution in [0.15, 0.2) is 63.5 Å². The molecule has 2 aromatic carbocycles. The fourth-order valence-electron chi connectivity index (χ4n) is 3.51. The van der Waals surface area contributed by atoms with E-state index in [1.807, 2.05) is 36.4 Å². The maximum atomic E-state index is 12.8. The second-order valence-electron chi connectivity index (χ2n) is 7.42.